The molecule has 258 valence electrons. The lowest BCUT2D eigenvalue weighted by Gasteiger charge is -2.12. The number of hydrogen-bond donors (Lipinski definition) is 0. The summed E-state index contributed by atoms with van der Waals surface area (Å²) in [5.41, 5.74) is 8.61. The second-order valence-electron chi connectivity index (χ2n) is 15.2. The zero-order valence-electron chi connectivity index (χ0n) is 30.3. The Morgan fingerprint density at radius 3 is 1.45 bits per heavy atom. The van der Waals surface area contributed by atoms with Gasteiger partial charge in [0, 0.05) is 36.3 Å². The zero-order chi connectivity index (χ0) is 36.5. The van der Waals surface area contributed by atoms with Gasteiger partial charge >= 0.3 is 0 Å². The van der Waals surface area contributed by atoms with Crippen molar-refractivity contribution >= 4 is 113 Å². The van der Waals surface area contributed by atoms with Gasteiger partial charge in [0.2, 0.25) is 0 Å². The molecule has 13 rings (SSSR count). The Bertz CT molecular complexity index is 3770. The molecule has 0 unspecified atom stereocenters. The third-order valence-corrected chi connectivity index (χ3v) is 13.4. The van der Waals surface area contributed by atoms with Crippen LogP contribution in [0, 0.1) is 0 Å². The van der Waals surface area contributed by atoms with Gasteiger partial charge in [0.05, 0.1) is 16.6 Å². The fraction of sp³-hybridized carbons (Fsp3) is 0. The molecule has 56 heavy (non-hydrogen) atoms. The van der Waals surface area contributed by atoms with Crippen molar-refractivity contribution in [3.63, 3.8) is 0 Å². The normalized spacial score (nSPS) is 12.3. The van der Waals surface area contributed by atoms with E-state index in [4.69, 9.17) is 0 Å². The summed E-state index contributed by atoms with van der Waals surface area (Å²) in [6, 6.07) is 70.3. The molecule has 0 saturated heterocycles. The monoisotopic (exact) mass is 725 g/mol. The van der Waals surface area contributed by atoms with Crippen LogP contribution in [-0.2, 0) is 0 Å². The number of nitrogens with zero attached hydrogens (tertiary/aromatic N) is 1. The molecule has 0 aliphatic heterocycles. The van der Waals surface area contributed by atoms with Crippen molar-refractivity contribution in [2.24, 2.45) is 0 Å². The lowest BCUT2D eigenvalue weighted by Crippen LogP contribution is -1.87. The van der Waals surface area contributed by atoms with E-state index in [1.165, 1.54) is 124 Å². The maximum atomic E-state index is 2.55. The molecule has 10 aromatic carbocycles. The molecular formula is C54H31NS. The first kappa shape index (κ1) is 30.3. The Morgan fingerprint density at radius 2 is 0.732 bits per heavy atom. The van der Waals surface area contributed by atoms with Gasteiger partial charge in [0.1, 0.15) is 0 Å². The minimum atomic E-state index is 1.21. The number of fused-ring (bicyclic) bond motifs is 14. The number of hydrogen-bond acceptors (Lipinski definition) is 1. The Balaban J connectivity index is 1.07. The van der Waals surface area contributed by atoms with Gasteiger partial charge in [-0.25, -0.2) is 0 Å². The van der Waals surface area contributed by atoms with E-state index in [0.29, 0.717) is 0 Å². The topological polar surface area (TPSA) is 4.41 Å². The van der Waals surface area contributed by atoms with Crippen LogP contribution in [-0.4, -0.2) is 4.40 Å². The lowest BCUT2D eigenvalue weighted by molar-refractivity contribution is 1.36. The number of thiophene rings is 1. The summed E-state index contributed by atoms with van der Waals surface area (Å²) in [7, 11) is 0. The maximum absolute atomic E-state index is 2.55. The number of rotatable bonds is 2. The highest BCUT2D eigenvalue weighted by Crippen LogP contribution is 2.46. The van der Waals surface area contributed by atoms with Gasteiger partial charge in [-0.05, 0) is 113 Å². The van der Waals surface area contributed by atoms with Crippen LogP contribution in [0.5, 0.6) is 0 Å². The summed E-state index contributed by atoms with van der Waals surface area (Å²) in [5.74, 6) is 0. The fourth-order valence-corrected chi connectivity index (χ4v) is 11.0. The smallest absolute Gasteiger partial charge is 0.0634 e. The van der Waals surface area contributed by atoms with Crippen LogP contribution in [0.25, 0.3) is 124 Å². The summed E-state index contributed by atoms with van der Waals surface area (Å²) in [5, 5.41) is 18.2. The van der Waals surface area contributed by atoms with Gasteiger partial charge < -0.3 is 4.40 Å². The molecule has 0 radical (unpaired) electrons. The van der Waals surface area contributed by atoms with Gasteiger partial charge in [-0.2, -0.15) is 0 Å². The average Bonchev–Trinajstić information content (AvgIpc) is 3.82. The van der Waals surface area contributed by atoms with Gasteiger partial charge in [0.25, 0.3) is 0 Å². The largest absolute Gasteiger partial charge is 0.308 e. The highest BCUT2D eigenvalue weighted by atomic mass is 32.1. The first-order valence-corrected chi connectivity index (χ1v) is 20.2. The third-order valence-electron chi connectivity index (χ3n) is 12.3. The first-order chi connectivity index (χ1) is 27.8. The molecule has 0 amide bonds. The molecule has 0 aliphatic carbocycles. The molecule has 0 fully saturated rings. The van der Waals surface area contributed by atoms with E-state index in [-0.39, 0.29) is 0 Å². The number of aromatic nitrogens is 1. The van der Waals surface area contributed by atoms with Gasteiger partial charge in [-0.15, -0.1) is 11.3 Å². The predicted octanol–water partition coefficient (Wildman–Crippen LogP) is 15.7. The van der Waals surface area contributed by atoms with Crippen LogP contribution in [0.15, 0.2) is 188 Å². The SMILES string of the molecule is c1cc(-c2ccc3c4ccccc4c4ccccc4c3c2)cc(-c2ccc3c(c2)c2ccc4sc5cccc6c7ccccc7c7ccccc7n3c2c4c56)c1. The van der Waals surface area contributed by atoms with Crippen molar-refractivity contribution in [3.05, 3.63) is 188 Å². The molecule has 1 nitrogen and oxygen atoms in total. The van der Waals surface area contributed by atoms with Crippen molar-refractivity contribution < 1.29 is 0 Å². The Morgan fingerprint density at radius 1 is 0.268 bits per heavy atom. The molecule has 3 aromatic heterocycles. The van der Waals surface area contributed by atoms with Crippen molar-refractivity contribution in [3.8, 4) is 22.3 Å². The van der Waals surface area contributed by atoms with Crippen LogP contribution in [0.2, 0.25) is 0 Å². The molecule has 0 N–H and O–H groups in total. The van der Waals surface area contributed by atoms with Crippen LogP contribution in [0.3, 0.4) is 0 Å². The van der Waals surface area contributed by atoms with Crippen molar-refractivity contribution in [2.45, 2.75) is 0 Å². The summed E-state index contributed by atoms with van der Waals surface area (Å²) in [4.78, 5) is 0. The average molecular weight is 726 g/mol. The number of benzene rings is 10. The highest BCUT2D eigenvalue weighted by Gasteiger charge is 2.20. The summed E-state index contributed by atoms with van der Waals surface area (Å²) < 4.78 is 5.20. The van der Waals surface area contributed by atoms with Crippen molar-refractivity contribution in [2.75, 3.05) is 0 Å². The van der Waals surface area contributed by atoms with Gasteiger partial charge in [-0.3, -0.25) is 0 Å². The van der Waals surface area contributed by atoms with Crippen LogP contribution < -0.4 is 0 Å². The zero-order valence-corrected chi connectivity index (χ0v) is 31.1. The predicted molar refractivity (Wildman–Crippen MR) is 244 cm³/mol. The minimum absolute atomic E-state index is 1.21. The molecule has 0 saturated carbocycles. The second-order valence-corrected chi connectivity index (χ2v) is 16.3. The quantitative estimate of drug-likeness (QED) is 0.156. The van der Waals surface area contributed by atoms with Crippen LogP contribution >= 0.6 is 11.3 Å². The fourth-order valence-electron chi connectivity index (χ4n) is 9.88. The summed E-state index contributed by atoms with van der Waals surface area (Å²) >= 11 is 1.90. The molecule has 0 atom stereocenters. The van der Waals surface area contributed by atoms with Crippen LogP contribution in [0.1, 0.15) is 0 Å². The van der Waals surface area contributed by atoms with E-state index in [0.717, 1.165) is 0 Å². The van der Waals surface area contributed by atoms with Crippen molar-refractivity contribution in [1.29, 1.82) is 0 Å². The summed E-state index contributed by atoms with van der Waals surface area (Å²) in [6.45, 7) is 0. The van der Waals surface area contributed by atoms with E-state index in [1.807, 2.05) is 11.3 Å². The van der Waals surface area contributed by atoms with Gasteiger partial charge in [-0.1, -0.05) is 146 Å². The standard InChI is InChI=1S/C54H31NS/c1-2-15-38-36(13-1)37-14-3-6-18-41(37)46-30-34(23-25-42(38)46)32-11-9-12-33(29-32)35-24-27-49-47(31-35)45-26-28-51-53-52-44(20-10-22-50(52)56-51)40-17-5-4-16-39(40)43-19-7-8-21-48(43)55(49)54(45)53/h1-31H. The Labute approximate surface area is 325 Å². The first-order valence-electron chi connectivity index (χ1n) is 19.3. The van der Waals surface area contributed by atoms with E-state index < -0.39 is 0 Å². The maximum Gasteiger partial charge on any atom is 0.0634 e. The molecule has 13 aromatic rings. The van der Waals surface area contributed by atoms with Crippen LogP contribution in [0.4, 0.5) is 0 Å². The molecule has 0 bridgehead atoms. The number of para-hydroxylation sites is 1. The lowest BCUT2D eigenvalue weighted by atomic mass is 9.91. The second kappa shape index (κ2) is 11.3. The third kappa shape index (κ3) is 4.09. The van der Waals surface area contributed by atoms with E-state index in [1.54, 1.807) is 0 Å². The molecular weight excluding hydrogens is 695 g/mol. The highest BCUT2D eigenvalue weighted by molar-refractivity contribution is 7.26. The molecule has 3 heterocycles. The van der Waals surface area contributed by atoms with E-state index >= 15 is 0 Å². The molecule has 0 spiro atoms. The molecule has 0 aliphatic rings. The molecule has 2 heteroatoms. The minimum Gasteiger partial charge on any atom is -0.308 e. The van der Waals surface area contributed by atoms with E-state index in [2.05, 4.69) is 192 Å². The Hall–Kier alpha value is -7.00. The van der Waals surface area contributed by atoms with Gasteiger partial charge in [0.15, 0.2) is 0 Å². The summed E-state index contributed by atoms with van der Waals surface area (Å²) in [6.07, 6.45) is 0. The van der Waals surface area contributed by atoms with Crippen molar-refractivity contribution in [1.82, 2.24) is 4.40 Å². The Kier molecular flexibility index (Phi) is 6.11. The van der Waals surface area contributed by atoms with E-state index in [9.17, 15) is 0 Å².